The Morgan fingerprint density at radius 2 is 2.17 bits per heavy atom. The number of sulfonamides is 1. The van der Waals surface area contributed by atoms with Crippen molar-refractivity contribution in [1.29, 1.82) is 0 Å². The molecule has 1 aliphatic heterocycles. The van der Waals surface area contributed by atoms with Gasteiger partial charge in [0.2, 0.25) is 10.0 Å². The van der Waals surface area contributed by atoms with Crippen LogP contribution >= 0.6 is 0 Å². The quantitative estimate of drug-likeness (QED) is 0.690. The zero-order chi connectivity index (χ0) is 13.8. The molecule has 1 aliphatic rings. The maximum Gasteiger partial charge on any atom is 0.320 e. The molecule has 2 N–H and O–H groups in total. The van der Waals surface area contributed by atoms with Gasteiger partial charge < -0.3 is 10.4 Å². The second-order valence-electron chi connectivity index (χ2n) is 5.15. The summed E-state index contributed by atoms with van der Waals surface area (Å²) in [7, 11) is -3.71. The maximum absolute atomic E-state index is 12.0. The molecule has 0 radical (unpaired) electrons. The first kappa shape index (κ1) is 15.4. The summed E-state index contributed by atoms with van der Waals surface area (Å²) in [6.07, 6.45) is 1.98. The highest BCUT2D eigenvalue weighted by atomic mass is 32.2. The van der Waals surface area contributed by atoms with E-state index < -0.39 is 21.7 Å². The molecule has 1 atom stereocenters. The summed E-state index contributed by atoms with van der Waals surface area (Å²) in [5.41, 5.74) is 0. The summed E-state index contributed by atoms with van der Waals surface area (Å²) >= 11 is 0. The van der Waals surface area contributed by atoms with E-state index in [2.05, 4.69) is 5.32 Å². The minimum absolute atomic E-state index is 0.146. The van der Waals surface area contributed by atoms with Crippen LogP contribution in [0.2, 0.25) is 0 Å². The van der Waals surface area contributed by atoms with Crippen LogP contribution in [0.4, 0.5) is 0 Å². The molecule has 0 amide bonds. The van der Waals surface area contributed by atoms with E-state index in [-0.39, 0.29) is 12.0 Å². The molecule has 1 saturated heterocycles. The third-order valence-corrected chi connectivity index (χ3v) is 4.55. The number of carboxylic acid groups (broad SMARTS) is 1. The lowest BCUT2D eigenvalue weighted by atomic mass is 10.2. The number of hydrogen-bond donors (Lipinski definition) is 2. The van der Waals surface area contributed by atoms with Crippen LogP contribution in [0.25, 0.3) is 0 Å². The topological polar surface area (TPSA) is 86.7 Å². The first-order valence-corrected chi connectivity index (χ1v) is 7.85. The molecule has 0 aromatic rings. The highest BCUT2D eigenvalue weighted by Crippen LogP contribution is 2.12. The van der Waals surface area contributed by atoms with E-state index in [1.165, 1.54) is 4.31 Å². The average molecular weight is 278 g/mol. The molecule has 106 valence electrons. The Balaban J connectivity index is 2.72. The number of carbonyl (C=O) groups is 1. The van der Waals surface area contributed by atoms with Crippen LogP contribution < -0.4 is 5.32 Å². The Bertz CT molecular complexity index is 375. The highest BCUT2D eigenvalue weighted by Gasteiger charge is 2.29. The lowest BCUT2D eigenvalue weighted by Crippen LogP contribution is -2.44. The van der Waals surface area contributed by atoms with E-state index in [4.69, 9.17) is 5.11 Å². The molecule has 0 aliphatic carbocycles. The van der Waals surface area contributed by atoms with Crippen molar-refractivity contribution in [3.63, 3.8) is 0 Å². The first-order valence-electron chi connectivity index (χ1n) is 6.24. The van der Waals surface area contributed by atoms with Crippen LogP contribution in [-0.2, 0) is 14.8 Å². The van der Waals surface area contributed by atoms with Crippen LogP contribution in [0.3, 0.4) is 0 Å². The number of hydrogen-bond acceptors (Lipinski definition) is 4. The Hall–Kier alpha value is -0.660. The van der Waals surface area contributed by atoms with Crippen molar-refractivity contribution in [1.82, 2.24) is 9.62 Å². The Morgan fingerprint density at radius 1 is 1.50 bits per heavy atom. The van der Waals surface area contributed by atoms with E-state index >= 15 is 0 Å². The van der Waals surface area contributed by atoms with Crippen molar-refractivity contribution in [3.8, 4) is 0 Å². The largest absolute Gasteiger partial charge is 0.480 e. The van der Waals surface area contributed by atoms with Gasteiger partial charge in [-0.05, 0) is 25.3 Å². The minimum atomic E-state index is -3.71. The van der Waals surface area contributed by atoms with Crippen LogP contribution in [0.5, 0.6) is 0 Å². The fourth-order valence-corrected chi connectivity index (χ4v) is 3.54. The molecular weight excluding hydrogens is 256 g/mol. The van der Waals surface area contributed by atoms with E-state index in [9.17, 15) is 13.2 Å². The van der Waals surface area contributed by atoms with Crippen molar-refractivity contribution >= 4 is 16.0 Å². The monoisotopic (exact) mass is 278 g/mol. The fraction of sp³-hybridized carbons (Fsp3) is 0.909. The van der Waals surface area contributed by atoms with Gasteiger partial charge in [0.05, 0.1) is 0 Å². The van der Waals surface area contributed by atoms with Gasteiger partial charge in [-0.1, -0.05) is 13.8 Å². The summed E-state index contributed by atoms with van der Waals surface area (Å²) in [5, 5.41) is 11.9. The Labute approximate surface area is 108 Å². The van der Waals surface area contributed by atoms with E-state index in [0.29, 0.717) is 13.1 Å². The summed E-state index contributed by atoms with van der Waals surface area (Å²) in [5.74, 6) is -1.95. The molecule has 18 heavy (non-hydrogen) atoms. The molecule has 0 saturated carbocycles. The summed E-state index contributed by atoms with van der Waals surface area (Å²) < 4.78 is 25.3. The second-order valence-corrected chi connectivity index (χ2v) is 7.12. The third-order valence-electron chi connectivity index (χ3n) is 2.85. The third kappa shape index (κ3) is 4.91. The maximum atomic E-state index is 12.0. The average Bonchev–Trinajstić information content (AvgIpc) is 2.66. The molecule has 0 bridgehead atoms. The number of nitrogens with one attached hydrogen (secondary N) is 1. The van der Waals surface area contributed by atoms with Gasteiger partial charge in [0.15, 0.2) is 5.75 Å². The van der Waals surface area contributed by atoms with Crippen LogP contribution in [0.1, 0.15) is 26.7 Å². The van der Waals surface area contributed by atoms with Gasteiger partial charge in [-0.2, -0.15) is 4.31 Å². The van der Waals surface area contributed by atoms with Crippen LogP contribution in [-0.4, -0.2) is 55.2 Å². The molecule has 7 heteroatoms. The van der Waals surface area contributed by atoms with Gasteiger partial charge >= 0.3 is 5.97 Å². The predicted octanol–water partition coefficient (Wildman–Crippen LogP) is 0.111. The van der Waals surface area contributed by atoms with Crippen LogP contribution in [0.15, 0.2) is 0 Å². The molecule has 1 unspecified atom stereocenters. The Kier molecular flexibility index (Phi) is 5.55. The van der Waals surface area contributed by atoms with Crippen molar-refractivity contribution in [2.24, 2.45) is 5.92 Å². The van der Waals surface area contributed by atoms with Crippen molar-refractivity contribution < 1.29 is 18.3 Å². The van der Waals surface area contributed by atoms with Crippen molar-refractivity contribution in [3.05, 3.63) is 0 Å². The van der Waals surface area contributed by atoms with E-state index in [1.54, 1.807) is 0 Å². The zero-order valence-corrected chi connectivity index (χ0v) is 11.7. The van der Waals surface area contributed by atoms with Gasteiger partial charge in [-0.25, -0.2) is 8.42 Å². The number of nitrogens with zero attached hydrogens (tertiary/aromatic N) is 1. The second kappa shape index (κ2) is 6.49. The molecule has 0 aromatic carbocycles. The molecule has 1 heterocycles. The van der Waals surface area contributed by atoms with Crippen LogP contribution in [0, 0.1) is 5.92 Å². The zero-order valence-electron chi connectivity index (χ0n) is 10.9. The van der Waals surface area contributed by atoms with Crippen molar-refractivity contribution in [2.75, 3.05) is 25.4 Å². The standard InChI is InChI=1S/C11H22N2O4S/c1-9(2)6-13(7-10-4-3-5-12-10)18(16,17)8-11(14)15/h9-10,12H,3-8H2,1-2H3,(H,14,15). The molecule has 6 nitrogen and oxygen atoms in total. The summed E-state index contributed by atoms with van der Waals surface area (Å²) in [6, 6.07) is 0.146. The van der Waals surface area contributed by atoms with Gasteiger partial charge in [0.1, 0.15) is 0 Å². The SMILES string of the molecule is CC(C)CN(CC1CCCN1)S(=O)(=O)CC(=O)O. The molecular formula is C11H22N2O4S. The van der Waals surface area contributed by atoms with Gasteiger partial charge in [0, 0.05) is 19.1 Å². The van der Waals surface area contributed by atoms with E-state index in [1.807, 2.05) is 13.8 Å². The molecule has 1 rings (SSSR count). The number of carboxylic acids is 1. The number of aliphatic carboxylic acids is 1. The highest BCUT2D eigenvalue weighted by molar-refractivity contribution is 7.89. The number of rotatable bonds is 7. The molecule has 1 fully saturated rings. The van der Waals surface area contributed by atoms with E-state index in [0.717, 1.165) is 19.4 Å². The van der Waals surface area contributed by atoms with Crippen molar-refractivity contribution in [2.45, 2.75) is 32.7 Å². The Morgan fingerprint density at radius 3 is 2.61 bits per heavy atom. The minimum Gasteiger partial charge on any atom is -0.480 e. The predicted molar refractivity (Wildman–Crippen MR) is 68.9 cm³/mol. The summed E-state index contributed by atoms with van der Waals surface area (Å²) in [4.78, 5) is 10.6. The van der Waals surface area contributed by atoms with Gasteiger partial charge in [-0.15, -0.1) is 0 Å². The summed E-state index contributed by atoms with van der Waals surface area (Å²) in [6.45, 7) is 5.48. The lowest BCUT2D eigenvalue weighted by molar-refractivity contribution is -0.134. The normalized spacial score (nSPS) is 20.8. The van der Waals surface area contributed by atoms with Gasteiger partial charge in [0.25, 0.3) is 0 Å². The first-order chi connectivity index (χ1) is 8.31. The molecule has 0 aromatic heterocycles. The van der Waals surface area contributed by atoms with Gasteiger partial charge in [-0.3, -0.25) is 4.79 Å². The smallest absolute Gasteiger partial charge is 0.320 e. The lowest BCUT2D eigenvalue weighted by Gasteiger charge is -2.26. The fourth-order valence-electron chi connectivity index (χ4n) is 2.11. The molecule has 0 spiro atoms.